The van der Waals surface area contributed by atoms with Crippen LogP contribution in [0.2, 0.25) is 0 Å². The Morgan fingerprint density at radius 3 is 2.68 bits per heavy atom. The third kappa shape index (κ3) is 3.35. The molecule has 2 amide bonds. The van der Waals surface area contributed by atoms with Crippen molar-refractivity contribution >= 4 is 11.8 Å². The molecule has 7 heteroatoms. The van der Waals surface area contributed by atoms with Crippen LogP contribution in [0.4, 0.5) is 0 Å². The van der Waals surface area contributed by atoms with Gasteiger partial charge < -0.3 is 14.7 Å². The smallest absolute Gasteiger partial charge is 0.276 e. The number of piperidine rings is 1. The van der Waals surface area contributed by atoms with E-state index >= 15 is 0 Å². The third-order valence-corrected chi connectivity index (χ3v) is 7.73. The number of likely N-dealkylation sites (tertiary alicyclic amines) is 2. The van der Waals surface area contributed by atoms with Crippen molar-refractivity contribution in [3.63, 3.8) is 0 Å². The minimum atomic E-state index is -0.188. The van der Waals surface area contributed by atoms with E-state index in [0.717, 1.165) is 51.1 Å². The highest BCUT2D eigenvalue weighted by Gasteiger charge is 2.57. The zero-order valence-corrected chi connectivity index (χ0v) is 17.6. The number of rotatable bonds is 4. The summed E-state index contributed by atoms with van der Waals surface area (Å²) >= 11 is 0. The van der Waals surface area contributed by atoms with Gasteiger partial charge in [0, 0.05) is 56.2 Å². The third-order valence-electron chi connectivity index (χ3n) is 7.73. The Kier molecular flexibility index (Phi) is 4.42. The Morgan fingerprint density at radius 2 is 1.94 bits per heavy atom. The number of aromatic nitrogens is 1. The van der Waals surface area contributed by atoms with Crippen molar-refractivity contribution in [3.8, 4) is 0 Å². The fraction of sp³-hybridized carbons (Fsp3) is 0.542. The molecule has 1 aliphatic carbocycles. The van der Waals surface area contributed by atoms with E-state index in [1.807, 2.05) is 17.0 Å². The fourth-order valence-corrected chi connectivity index (χ4v) is 5.83. The molecule has 3 saturated heterocycles. The average Bonchev–Trinajstić information content (AvgIpc) is 3.26. The zero-order chi connectivity index (χ0) is 21.0. The lowest BCUT2D eigenvalue weighted by molar-refractivity contribution is -0.123. The number of carbonyl (C=O) groups excluding carboxylic acids is 2. The van der Waals surface area contributed by atoms with Gasteiger partial charge >= 0.3 is 0 Å². The van der Waals surface area contributed by atoms with Gasteiger partial charge in [0.2, 0.25) is 5.91 Å². The SMILES string of the molecule is O=C1NC2(CCN(C(=O)c3cc(C4CC4)on3)CC2)[C@H]2CN(Cc3ccccc3)C[C@@H]12. The molecule has 4 fully saturated rings. The predicted molar refractivity (Wildman–Crippen MR) is 113 cm³/mol. The molecule has 2 aromatic rings. The van der Waals surface area contributed by atoms with Gasteiger partial charge in [0.25, 0.3) is 5.91 Å². The second kappa shape index (κ2) is 7.19. The van der Waals surface area contributed by atoms with E-state index in [1.54, 1.807) is 0 Å². The summed E-state index contributed by atoms with van der Waals surface area (Å²) in [5, 5.41) is 7.36. The van der Waals surface area contributed by atoms with Crippen LogP contribution in [0.15, 0.2) is 40.9 Å². The maximum Gasteiger partial charge on any atom is 0.276 e. The van der Waals surface area contributed by atoms with E-state index in [-0.39, 0.29) is 23.3 Å². The Balaban J connectivity index is 1.11. The zero-order valence-electron chi connectivity index (χ0n) is 17.6. The Bertz CT molecular complexity index is 991. The molecule has 31 heavy (non-hydrogen) atoms. The first-order valence-corrected chi connectivity index (χ1v) is 11.5. The molecule has 0 radical (unpaired) electrons. The van der Waals surface area contributed by atoms with Gasteiger partial charge in [0.1, 0.15) is 5.76 Å². The maximum atomic E-state index is 12.9. The lowest BCUT2D eigenvalue weighted by Gasteiger charge is -2.42. The molecular formula is C24H28N4O3. The van der Waals surface area contributed by atoms with Gasteiger partial charge in [-0.3, -0.25) is 14.5 Å². The standard InChI is InChI=1S/C24H28N4O3/c29-22-18-14-27(13-16-4-2-1-3-5-16)15-19(18)24(25-22)8-10-28(11-9-24)23(30)20-12-21(31-26-20)17-6-7-17/h1-5,12,17-19H,6-11,13-15H2,(H,25,29)/t18-,19+/m1/s1. The Hall–Kier alpha value is -2.67. The molecule has 0 unspecified atom stereocenters. The van der Waals surface area contributed by atoms with E-state index < -0.39 is 0 Å². The van der Waals surface area contributed by atoms with Crippen molar-refractivity contribution in [1.29, 1.82) is 0 Å². The highest BCUT2D eigenvalue weighted by Crippen LogP contribution is 2.44. The highest BCUT2D eigenvalue weighted by molar-refractivity contribution is 5.92. The van der Waals surface area contributed by atoms with Gasteiger partial charge in [-0.1, -0.05) is 35.5 Å². The van der Waals surface area contributed by atoms with Crippen molar-refractivity contribution in [2.75, 3.05) is 26.2 Å². The van der Waals surface area contributed by atoms with Crippen LogP contribution >= 0.6 is 0 Å². The normalized spacial score (nSPS) is 27.5. The van der Waals surface area contributed by atoms with Crippen LogP contribution < -0.4 is 5.32 Å². The van der Waals surface area contributed by atoms with E-state index in [0.29, 0.717) is 30.6 Å². The van der Waals surface area contributed by atoms with Crippen molar-refractivity contribution in [3.05, 3.63) is 53.4 Å². The number of fused-ring (bicyclic) bond motifs is 2. The molecule has 2 atom stereocenters. The second-order valence-corrected chi connectivity index (χ2v) is 9.72. The summed E-state index contributed by atoms with van der Waals surface area (Å²) in [6.07, 6.45) is 3.85. The van der Waals surface area contributed by atoms with Crippen LogP contribution in [0.5, 0.6) is 0 Å². The number of nitrogens with one attached hydrogen (secondary N) is 1. The topological polar surface area (TPSA) is 78.7 Å². The van der Waals surface area contributed by atoms with Gasteiger partial charge in [-0.2, -0.15) is 0 Å². The minimum Gasteiger partial charge on any atom is -0.360 e. The van der Waals surface area contributed by atoms with Crippen LogP contribution in [0.3, 0.4) is 0 Å². The molecule has 1 N–H and O–H groups in total. The van der Waals surface area contributed by atoms with Crippen molar-refractivity contribution in [2.24, 2.45) is 11.8 Å². The first-order chi connectivity index (χ1) is 15.1. The van der Waals surface area contributed by atoms with Crippen LogP contribution in [0, 0.1) is 11.8 Å². The second-order valence-electron chi connectivity index (χ2n) is 9.72. The molecule has 162 valence electrons. The molecule has 7 nitrogen and oxygen atoms in total. The van der Waals surface area contributed by atoms with Crippen LogP contribution in [-0.2, 0) is 11.3 Å². The van der Waals surface area contributed by atoms with Gasteiger partial charge in [-0.05, 0) is 31.2 Å². The Morgan fingerprint density at radius 1 is 1.16 bits per heavy atom. The van der Waals surface area contributed by atoms with Crippen molar-refractivity contribution < 1.29 is 14.1 Å². The van der Waals surface area contributed by atoms with E-state index in [1.165, 1.54) is 5.56 Å². The molecule has 1 saturated carbocycles. The molecule has 0 bridgehead atoms. The maximum absolute atomic E-state index is 12.9. The lowest BCUT2D eigenvalue weighted by atomic mass is 9.75. The number of hydrogen-bond donors (Lipinski definition) is 1. The molecule has 1 aromatic heterocycles. The first kappa shape index (κ1) is 19.0. The predicted octanol–water partition coefficient (Wildman–Crippen LogP) is 2.40. The lowest BCUT2D eigenvalue weighted by Crippen LogP contribution is -2.56. The molecule has 4 aliphatic rings. The molecule has 1 spiro atoms. The number of benzene rings is 1. The molecule has 1 aromatic carbocycles. The first-order valence-electron chi connectivity index (χ1n) is 11.5. The Labute approximate surface area is 181 Å². The number of nitrogens with zero attached hydrogens (tertiary/aromatic N) is 3. The summed E-state index contributed by atoms with van der Waals surface area (Å²) in [6.45, 7) is 3.93. The quantitative estimate of drug-likeness (QED) is 0.822. The summed E-state index contributed by atoms with van der Waals surface area (Å²) in [5.41, 5.74) is 1.52. The number of amides is 2. The van der Waals surface area contributed by atoms with E-state index in [4.69, 9.17) is 4.52 Å². The molecule has 3 aliphatic heterocycles. The van der Waals surface area contributed by atoms with Gasteiger partial charge in [-0.15, -0.1) is 0 Å². The van der Waals surface area contributed by atoms with Crippen LogP contribution in [-0.4, -0.2) is 58.5 Å². The van der Waals surface area contributed by atoms with Gasteiger partial charge in [0.05, 0.1) is 5.92 Å². The largest absolute Gasteiger partial charge is 0.360 e. The van der Waals surface area contributed by atoms with E-state index in [2.05, 4.69) is 39.6 Å². The fourth-order valence-electron chi connectivity index (χ4n) is 5.83. The average molecular weight is 421 g/mol. The number of hydrogen-bond acceptors (Lipinski definition) is 5. The van der Waals surface area contributed by atoms with Crippen molar-refractivity contribution in [1.82, 2.24) is 20.3 Å². The summed E-state index contributed by atoms with van der Waals surface area (Å²) in [7, 11) is 0. The number of carbonyl (C=O) groups is 2. The summed E-state index contributed by atoms with van der Waals surface area (Å²) in [4.78, 5) is 30.0. The van der Waals surface area contributed by atoms with Crippen LogP contribution in [0.1, 0.15) is 53.4 Å². The van der Waals surface area contributed by atoms with Gasteiger partial charge in [0.15, 0.2) is 5.69 Å². The summed E-state index contributed by atoms with van der Waals surface area (Å²) in [5.74, 6) is 1.80. The molecule has 6 rings (SSSR count). The van der Waals surface area contributed by atoms with Gasteiger partial charge in [-0.25, -0.2) is 0 Å². The van der Waals surface area contributed by atoms with E-state index in [9.17, 15) is 9.59 Å². The molecule has 4 heterocycles. The van der Waals surface area contributed by atoms with Crippen molar-refractivity contribution in [2.45, 2.75) is 43.7 Å². The summed E-state index contributed by atoms with van der Waals surface area (Å²) in [6, 6.07) is 12.3. The monoisotopic (exact) mass is 420 g/mol. The highest BCUT2D eigenvalue weighted by atomic mass is 16.5. The van der Waals surface area contributed by atoms with Crippen LogP contribution in [0.25, 0.3) is 0 Å². The molecular weight excluding hydrogens is 392 g/mol. The minimum absolute atomic E-state index is 0.0523. The summed E-state index contributed by atoms with van der Waals surface area (Å²) < 4.78 is 5.37.